The summed E-state index contributed by atoms with van der Waals surface area (Å²) in [6.45, 7) is 2.59. The van der Waals surface area contributed by atoms with Gasteiger partial charge < -0.3 is 14.8 Å². The van der Waals surface area contributed by atoms with Gasteiger partial charge in [-0.25, -0.2) is 0 Å². The Morgan fingerprint density at radius 3 is 2.67 bits per heavy atom. The lowest BCUT2D eigenvalue weighted by atomic mass is 10.1. The fourth-order valence-corrected chi connectivity index (χ4v) is 1.76. The molecule has 0 saturated carbocycles. The Morgan fingerprint density at radius 2 is 2.11 bits per heavy atom. The van der Waals surface area contributed by atoms with E-state index in [-0.39, 0.29) is 5.91 Å². The third-order valence-corrected chi connectivity index (χ3v) is 2.92. The summed E-state index contributed by atoms with van der Waals surface area (Å²) in [4.78, 5) is 11.8. The van der Waals surface area contributed by atoms with E-state index in [0.29, 0.717) is 23.6 Å². The molecule has 0 aromatic heterocycles. The average molecular weight is 272 g/mol. The minimum absolute atomic E-state index is 0.231. The van der Waals surface area contributed by atoms with Gasteiger partial charge in [0.05, 0.1) is 14.2 Å². The molecule has 0 saturated heterocycles. The Kier molecular flexibility index (Phi) is 5.78. The second kappa shape index (κ2) is 7.11. The highest BCUT2D eigenvalue weighted by molar-refractivity contribution is 6.31. The van der Waals surface area contributed by atoms with Gasteiger partial charge in [-0.2, -0.15) is 0 Å². The van der Waals surface area contributed by atoms with Crippen molar-refractivity contribution in [2.75, 3.05) is 20.8 Å². The van der Waals surface area contributed by atoms with E-state index in [1.165, 1.54) is 0 Å². The van der Waals surface area contributed by atoms with E-state index in [2.05, 4.69) is 5.32 Å². The summed E-state index contributed by atoms with van der Waals surface area (Å²) in [5.74, 6) is 0.979. The first-order valence-corrected chi connectivity index (χ1v) is 6.21. The van der Waals surface area contributed by atoms with Gasteiger partial charge in [-0.05, 0) is 24.6 Å². The number of carbonyl (C=O) groups excluding carboxylic acids is 1. The van der Waals surface area contributed by atoms with Crippen LogP contribution in [0.2, 0.25) is 0 Å². The lowest BCUT2D eigenvalue weighted by molar-refractivity contribution is -0.120. The third-order valence-electron chi connectivity index (χ3n) is 2.49. The Morgan fingerprint density at radius 1 is 1.39 bits per heavy atom. The molecule has 1 unspecified atom stereocenters. The number of nitrogens with one attached hydrogen (secondary N) is 1. The number of rotatable bonds is 6. The van der Waals surface area contributed by atoms with Crippen molar-refractivity contribution in [1.29, 1.82) is 0 Å². The van der Waals surface area contributed by atoms with Gasteiger partial charge >= 0.3 is 0 Å². The van der Waals surface area contributed by atoms with Gasteiger partial charge in [0.25, 0.3) is 0 Å². The van der Waals surface area contributed by atoms with Gasteiger partial charge in [0, 0.05) is 12.1 Å². The topological polar surface area (TPSA) is 47.6 Å². The average Bonchev–Trinajstić information content (AvgIpc) is 2.43. The highest BCUT2D eigenvalue weighted by Crippen LogP contribution is 2.33. The number of ether oxygens (including phenoxy) is 2. The number of hydrogen-bond acceptors (Lipinski definition) is 3. The van der Waals surface area contributed by atoms with E-state index in [0.717, 1.165) is 6.42 Å². The number of benzene rings is 1. The number of carbonyl (C=O) groups is 1. The molecule has 5 heteroatoms. The molecule has 1 N–H and O–H groups in total. The SMILES string of the molecule is CCCNC(=O)C(Cl)c1cc(OC)ccc1OC. The summed E-state index contributed by atoms with van der Waals surface area (Å²) in [5.41, 5.74) is 0.604. The summed E-state index contributed by atoms with van der Waals surface area (Å²) in [5, 5.41) is 1.96. The standard InChI is InChI=1S/C13H18ClNO3/c1-4-7-15-13(16)12(14)10-8-9(17-2)5-6-11(10)18-3/h5-6,8,12H,4,7H2,1-3H3,(H,15,16). The summed E-state index contributed by atoms with van der Waals surface area (Å²) in [6, 6.07) is 5.20. The number of halogens is 1. The molecule has 4 nitrogen and oxygen atoms in total. The summed E-state index contributed by atoms with van der Waals surface area (Å²) in [6.07, 6.45) is 0.866. The predicted molar refractivity (Wildman–Crippen MR) is 71.4 cm³/mol. The van der Waals surface area contributed by atoms with Crippen molar-refractivity contribution >= 4 is 17.5 Å². The quantitative estimate of drug-likeness (QED) is 0.809. The fourth-order valence-electron chi connectivity index (χ4n) is 1.52. The molecule has 1 rings (SSSR count). The maximum atomic E-state index is 11.8. The molecule has 100 valence electrons. The highest BCUT2D eigenvalue weighted by atomic mass is 35.5. The third kappa shape index (κ3) is 3.53. The zero-order valence-corrected chi connectivity index (χ0v) is 11.6. The fraction of sp³-hybridized carbons (Fsp3) is 0.462. The van der Waals surface area contributed by atoms with E-state index < -0.39 is 5.38 Å². The molecule has 1 aromatic rings. The van der Waals surface area contributed by atoms with Crippen LogP contribution in [0.5, 0.6) is 11.5 Å². The second-order valence-electron chi connectivity index (χ2n) is 3.76. The molecule has 1 aromatic carbocycles. The first kappa shape index (κ1) is 14.6. The van der Waals surface area contributed by atoms with E-state index in [9.17, 15) is 4.79 Å². The van der Waals surface area contributed by atoms with Crippen LogP contribution in [0.3, 0.4) is 0 Å². The van der Waals surface area contributed by atoms with Gasteiger partial charge in [0.2, 0.25) is 5.91 Å². The summed E-state index contributed by atoms with van der Waals surface area (Å²) >= 11 is 6.16. The number of hydrogen-bond donors (Lipinski definition) is 1. The molecule has 0 bridgehead atoms. The van der Waals surface area contributed by atoms with Crippen LogP contribution in [0, 0.1) is 0 Å². The van der Waals surface area contributed by atoms with Crippen molar-refractivity contribution in [2.45, 2.75) is 18.7 Å². The highest BCUT2D eigenvalue weighted by Gasteiger charge is 2.21. The van der Waals surface area contributed by atoms with Crippen LogP contribution in [-0.2, 0) is 4.79 Å². The number of amides is 1. The second-order valence-corrected chi connectivity index (χ2v) is 4.20. The predicted octanol–water partition coefficient (Wildman–Crippen LogP) is 2.51. The molecule has 0 spiro atoms. The molecule has 0 radical (unpaired) electrons. The van der Waals surface area contributed by atoms with Crippen LogP contribution >= 0.6 is 11.6 Å². The Bertz CT molecular complexity index is 409. The molecule has 0 aliphatic carbocycles. The molecule has 1 atom stereocenters. The largest absolute Gasteiger partial charge is 0.497 e. The molecular formula is C13H18ClNO3. The number of methoxy groups -OCH3 is 2. The van der Waals surface area contributed by atoms with Gasteiger partial charge in [-0.3, -0.25) is 4.79 Å². The zero-order chi connectivity index (χ0) is 13.5. The Hall–Kier alpha value is -1.42. The van der Waals surface area contributed by atoms with Gasteiger partial charge in [-0.1, -0.05) is 6.92 Å². The van der Waals surface area contributed by atoms with E-state index in [1.807, 2.05) is 6.92 Å². The monoisotopic (exact) mass is 271 g/mol. The molecule has 0 heterocycles. The Balaban J connectivity index is 2.94. The number of alkyl halides is 1. The maximum Gasteiger partial charge on any atom is 0.242 e. The van der Waals surface area contributed by atoms with Crippen molar-refractivity contribution in [3.8, 4) is 11.5 Å². The first-order valence-electron chi connectivity index (χ1n) is 5.77. The van der Waals surface area contributed by atoms with E-state index >= 15 is 0 Å². The molecule has 0 aliphatic rings. The Labute approximate surface area is 112 Å². The van der Waals surface area contributed by atoms with Crippen LogP contribution in [0.15, 0.2) is 18.2 Å². The van der Waals surface area contributed by atoms with Crippen molar-refractivity contribution in [3.05, 3.63) is 23.8 Å². The molecule has 18 heavy (non-hydrogen) atoms. The van der Waals surface area contributed by atoms with Crippen LogP contribution in [0.4, 0.5) is 0 Å². The smallest absolute Gasteiger partial charge is 0.242 e. The van der Waals surface area contributed by atoms with Crippen molar-refractivity contribution < 1.29 is 14.3 Å². The van der Waals surface area contributed by atoms with Gasteiger partial charge in [0.1, 0.15) is 16.9 Å². The van der Waals surface area contributed by atoms with Crippen LogP contribution in [-0.4, -0.2) is 26.7 Å². The molecule has 0 fully saturated rings. The van der Waals surface area contributed by atoms with Gasteiger partial charge in [-0.15, -0.1) is 11.6 Å². The summed E-state index contributed by atoms with van der Waals surface area (Å²) in [7, 11) is 3.10. The van der Waals surface area contributed by atoms with Crippen LogP contribution in [0.25, 0.3) is 0 Å². The zero-order valence-electron chi connectivity index (χ0n) is 10.8. The van der Waals surface area contributed by atoms with Crippen LogP contribution < -0.4 is 14.8 Å². The lowest BCUT2D eigenvalue weighted by Gasteiger charge is -2.15. The van der Waals surface area contributed by atoms with E-state index in [4.69, 9.17) is 21.1 Å². The lowest BCUT2D eigenvalue weighted by Crippen LogP contribution is -2.27. The van der Waals surface area contributed by atoms with Crippen molar-refractivity contribution in [3.63, 3.8) is 0 Å². The minimum Gasteiger partial charge on any atom is -0.497 e. The molecule has 1 amide bonds. The maximum absolute atomic E-state index is 11.8. The minimum atomic E-state index is -0.790. The normalized spacial score (nSPS) is 11.8. The van der Waals surface area contributed by atoms with Crippen molar-refractivity contribution in [2.24, 2.45) is 0 Å². The molecular weight excluding hydrogens is 254 g/mol. The summed E-state index contributed by atoms with van der Waals surface area (Å²) < 4.78 is 10.3. The molecule has 0 aliphatic heterocycles. The van der Waals surface area contributed by atoms with E-state index in [1.54, 1.807) is 32.4 Å². The first-order chi connectivity index (χ1) is 8.63. The van der Waals surface area contributed by atoms with Crippen LogP contribution in [0.1, 0.15) is 24.3 Å². The van der Waals surface area contributed by atoms with Crippen molar-refractivity contribution in [1.82, 2.24) is 5.32 Å². The van der Waals surface area contributed by atoms with Gasteiger partial charge in [0.15, 0.2) is 0 Å².